The molecule has 13 heteroatoms. The lowest BCUT2D eigenvalue weighted by atomic mass is 10.1. The van der Waals surface area contributed by atoms with E-state index in [4.69, 9.17) is 5.26 Å². The Kier molecular flexibility index (Phi) is 5.68. The van der Waals surface area contributed by atoms with E-state index in [0.29, 0.717) is 24.6 Å². The molecular weight excluding hydrogens is 455 g/mol. The summed E-state index contributed by atoms with van der Waals surface area (Å²) < 4.78 is 16.0. The van der Waals surface area contributed by atoms with Crippen LogP contribution in [0.25, 0.3) is 16.7 Å². The first-order chi connectivity index (χ1) is 17.1. The molecule has 1 fully saturated rings. The van der Waals surface area contributed by atoms with E-state index in [2.05, 4.69) is 30.3 Å². The molecule has 0 radical (unpaired) electrons. The van der Waals surface area contributed by atoms with Gasteiger partial charge < -0.3 is 14.8 Å². The van der Waals surface area contributed by atoms with E-state index in [-0.39, 0.29) is 35.4 Å². The summed E-state index contributed by atoms with van der Waals surface area (Å²) in [6.07, 6.45) is 8.63. The Balaban J connectivity index is 1.35. The maximum atomic E-state index is 14.7. The molecule has 174 valence electrons. The van der Waals surface area contributed by atoms with Crippen LogP contribution >= 0.6 is 0 Å². The number of aliphatic imine (C=N–C) groups is 1. The highest BCUT2D eigenvalue weighted by Gasteiger charge is 2.31. The minimum atomic E-state index is -0.838. The monoisotopic (exact) mass is 472 g/mol. The molecule has 1 saturated heterocycles. The van der Waals surface area contributed by atoms with Crippen LogP contribution in [0.1, 0.15) is 16.1 Å². The summed E-state index contributed by atoms with van der Waals surface area (Å²) in [4.78, 5) is 44.3. The molecule has 0 aromatic carbocycles. The number of halogens is 1. The lowest BCUT2D eigenvalue weighted by molar-refractivity contribution is -0.127. The minimum absolute atomic E-state index is 0.0407. The first-order valence-corrected chi connectivity index (χ1v) is 10.6. The second-order valence-corrected chi connectivity index (χ2v) is 7.59. The van der Waals surface area contributed by atoms with E-state index >= 15 is 0 Å². The van der Waals surface area contributed by atoms with Crippen molar-refractivity contribution in [3.8, 4) is 12.0 Å². The molecule has 5 heterocycles. The van der Waals surface area contributed by atoms with Crippen molar-refractivity contribution in [3.63, 3.8) is 0 Å². The van der Waals surface area contributed by atoms with Crippen LogP contribution in [0.4, 0.5) is 4.39 Å². The van der Waals surface area contributed by atoms with Gasteiger partial charge in [-0.05, 0) is 12.1 Å². The van der Waals surface area contributed by atoms with E-state index in [1.54, 1.807) is 30.6 Å². The highest BCUT2D eigenvalue weighted by Crippen LogP contribution is 2.26. The van der Waals surface area contributed by atoms with Crippen molar-refractivity contribution in [1.29, 1.82) is 5.26 Å². The van der Waals surface area contributed by atoms with Crippen LogP contribution in [0.15, 0.2) is 54.2 Å². The van der Waals surface area contributed by atoms with Gasteiger partial charge in [-0.3, -0.25) is 14.6 Å². The van der Waals surface area contributed by atoms with E-state index in [0.717, 1.165) is 6.20 Å². The number of hydrogen-bond acceptors (Lipinski definition) is 8. The smallest absolute Gasteiger partial charge is 0.295 e. The molecule has 35 heavy (non-hydrogen) atoms. The molecule has 1 N–H and O–H groups in total. The van der Waals surface area contributed by atoms with Crippen molar-refractivity contribution in [2.45, 2.75) is 0 Å². The van der Waals surface area contributed by atoms with Gasteiger partial charge in [-0.15, -0.1) is 5.10 Å². The van der Waals surface area contributed by atoms with E-state index in [1.807, 2.05) is 4.90 Å². The summed E-state index contributed by atoms with van der Waals surface area (Å²) in [6, 6.07) is 5.29. The number of Topliss-reactive ketones (excluding diaryl/α,β-unsaturated/α-hetero) is 1. The summed E-state index contributed by atoms with van der Waals surface area (Å²) in [5, 5.41) is 16.6. The summed E-state index contributed by atoms with van der Waals surface area (Å²) in [6.45, 7) is 1.13. The van der Waals surface area contributed by atoms with E-state index in [1.165, 1.54) is 28.2 Å². The van der Waals surface area contributed by atoms with Gasteiger partial charge in [-0.1, -0.05) is 11.3 Å². The number of carbonyl (C=O) groups is 2. The Morgan fingerprint density at radius 2 is 1.91 bits per heavy atom. The largest absolute Gasteiger partial charge is 0.357 e. The van der Waals surface area contributed by atoms with E-state index < -0.39 is 17.5 Å². The third-order valence-corrected chi connectivity index (χ3v) is 5.64. The molecule has 4 aromatic heterocycles. The molecule has 1 aliphatic heterocycles. The number of aromatic nitrogens is 6. The van der Waals surface area contributed by atoms with Gasteiger partial charge in [-0.25, -0.2) is 14.1 Å². The average Bonchev–Trinajstić information content (AvgIpc) is 3.59. The highest BCUT2D eigenvalue weighted by molar-refractivity contribution is 6.45. The van der Waals surface area contributed by atoms with Crippen LogP contribution < -0.4 is 0 Å². The Labute approximate surface area is 197 Å². The van der Waals surface area contributed by atoms with Crippen molar-refractivity contribution in [3.05, 3.63) is 66.3 Å². The predicted molar refractivity (Wildman–Crippen MR) is 120 cm³/mol. The average molecular weight is 472 g/mol. The molecule has 0 aliphatic carbocycles. The fourth-order valence-corrected chi connectivity index (χ4v) is 3.98. The summed E-state index contributed by atoms with van der Waals surface area (Å²) in [7, 11) is 0. The van der Waals surface area contributed by atoms with Gasteiger partial charge in [0, 0.05) is 38.6 Å². The fraction of sp³-hybridized carbons (Fsp3) is 0.182. The number of nitrogens with zero attached hydrogens (tertiary/aromatic N) is 9. The van der Waals surface area contributed by atoms with Gasteiger partial charge in [0.25, 0.3) is 11.7 Å². The lowest BCUT2D eigenvalue weighted by Crippen LogP contribution is -2.52. The van der Waals surface area contributed by atoms with Gasteiger partial charge in [0.15, 0.2) is 17.5 Å². The van der Waals surface area contributed by atoms with Crippen LogP contribution in [0.2, 0.25) is 0 Å². The first kappa shape index (κ1) is 21.8. The quantitative estimate of drug-likeness (QED) is 0.152. The second-order valence-electron chi connectivity index (χ2n) is 7.59. The number of nitriles is 1. The zero-order valence-corrected chi connectivity index (χ0v) is 18.2. The first-order valence-electron chi connectivity index (χ1n) is 10.6. The van der Waals surface area contributed by atoms with Gasteiger partial charge in [0.05, 0.1) is 35.1 Å². The number of H-pyrrole nitrogens is 1. The summed E-state index contributed by atoms with van der Waals surface area (Å²) in [5.41, 5.74) is 0.675. The predicted octanol–water partition coefficient (Wildman–Crippen LogP) is 0.932. The Bertz CT molecular complexity index is 1470. The Hall–Kier alpha value is -4.99. The SMILES string of the molecule is N#C/N=C(\c1ccccn1)N1CCN(C(=O)C(=O)c2c[nH]c3c(-n4ccnn4)ncc(F)c23)CC1. The molecule has 0 bridgehead atoms. The number of piperazine rings is 1. The maximum absolute atomic E-state index is 14.7. The third kappa shape index (κ3) is 3.97. The minimum Gasteiger partial charge on any atom is -0.357 e. The van der Waals surface area contributed by atoms with Crippen molar-refractivity contribution in [2.75, 3.05) is 26.2 Å². The molecule has 0 unspecified atom stereocenters. The van der Waals surface area contributed by atoms with Crippen molar-refractivity contribution < 1.29 is 14.0 Å². The number of pyridine rings is 2. The number of amidine groups is 1. The lowest BCUT2D eigenvalue weighted by Gasteiger charge is -2.35. The van der Waals surface area contributed by atoms with Crippen LogP contribution in [0, 0.1) is 17.3 Å². The van der Waals surface area contributed by atoms with Crippen molar-refractivity contribution >= 4 is 28.4 Å². The Morgan fingerprint density at radius 3 is 2.60 bits per heavy atom. The molecule has 1 aliphatic rings. The van der Waals surface area contributed by atoms with Crippen molar-refractivity contribution in [2.24, 2.45) is 4.99 Å². The number of amides is 1. The normalized spacial score (nSPS) is 14.2. The summed E-state index contributed by atoms with van der Waals surface area (Å²) in [5.74, 6) is -1.68. The van der Waals surface area contributed by atoms with Crippen LogP contribution in [0.5, 0.6) is 0 Å². The molecule has 12 nitrogen and oxygen atoms in total. The number of fused-ring (bicyclic) bond motifs is 1. The van der Waals surface area contributed by atoms with Crippen LogP contribution in [-0.4, -0.2) is 83.5 Å². The number of carbonyl (C=O) groups excluding carboxylic acids is 2. The Morgan fingerprint density at radius 1 is 1.11 bits per heavy atom. The fourth-order valence-electron chi connectivity index (χ4n) is 3.98. The molecule has 0 atom stereocenters. The molecule has 5 rings (SSSR count). The van der Waals surface area contributed by atoms with E-state index in [9.17, 15) is 14.0 Å². The number of hydrogen-bond donors (Lipinski definition) is 1. The molecule has 1 amide bonds. The molecular formula is C22H17FN10O2. The number of aromatic amines is 1. The van der Waals surface area contributed by atoms with Gasteiger partial charge in [0.2, 0.25) is 6.19 Å². The molecule has 0 saturated carbocycles. The second kappa shape index (κ2) is 9.10. The number of ketones is 1. The maximum Gasteiger partial charge on any atom is 0.295 e. The topological polar surface area (TPSA) is 149 Å². The standard InChI is InChI=1S/C22H17FN10O2/c23-15-12-27-21(33-6-5-29-30-33)18-17(15)14(11-26-18)19(34)22(35)32-9-7-31(8-10-32)20(28-13-24)16-3-1-2-4-25-16/h1-6,11-12,26H,7-10H2/b28-20+. The zero-order valence-electron chi connectivity index (χ0n) is 18.2. The highest BCUT2D eigenvalue weighted by atomic mass is 19.1. The summed E-state index contributed by atoms with van der Waals surface area (Å²) >= 11 is 0. The van der Waals surface area contributed by atoms with Gasteiger partial charge in [0.1, 0.15) is 5.69 Å². The van der Waals surface area contributed by atoms with Gasteiger partial charge >= 0.3 is 0 Å². The van der Waals surface area contributed by atoms with Crippen LogP contribution in [0.3, 0.4) is 0 Å². The number of rotatable bonds is 4. The van der Waals surface area contributed by atoms with Gasteiger partial charge in [-0.2, -0.15) is 10.3 Å². The molecule has 4 aromatic rings. The van der Waals surface area contributed by atoms with Crippen LogP contribution in [-0.2, 0) is 4.79 Å². The third-order valence-electron chi connectivity index (χ3n) is 5.64. The molecule has 0 spiro atoms. The van der Waals surface area contributed by atoms with Crippen molar-refractivity contribution in [1.82, 2.24) is 39.7 Å². The number of nitrogens with one attached hydrogen (secondary N) is 1. The zero-order chi connectivity index (χ0) is 24.4.